The van der Waals surface area contributed by atoms with E-state index in [4.69, 9.17) is 4.74 Å². The minimum Gasteiger partial charge on any atom is -0.467 e. The second-order valence-corrected chi connectivity index (χ2v) is 6.81. The van der Waals surface area contributed by atoms with Gasteiger partial charge in [-0.25, -0.2) is 0 Å². The summed E-state index contributed by atoms with van der Waals surface area (Å²) in [7, 11) is 0. The van der Waals surface area contributed by atoms with Gasteiger partial charge in [0, 0.05) is 32.5 Å². The molecule has 1 spiro atoms. The highest BCUT2D eigenvalue weighted by Gasteiger charge is 2.42. The Kier molecular flexibility index (Phi) is 3.77. The van der Waals surface area contributed by atoms with E-state index in [2.05, 4.69) is 41.4 Å². The van der Waals surface area contributed by atoms with Crippen LogP contribution in [0.1, 0.15) is 34.3 Å². The molecule has 2 aromatic rings. The van der Waals surface area contributed by atoms with E-state index in [9.17, 15) is 4.79 Å². The fourth-order valence-corrected chi connectivity index (χ4v) is 3.50. The fourth-order valence-electron chi connectivity index (χ4n) is 3.50. The van der Waals surface area contributed by atoms with Gasteiger partial charge in [-0.1, -0.05) is 42.0 Å². The number of carbonyl (C=O) groups is 1. The van der Waals surface area contributed by atoms with E-state index in [1.54, 1.807) is 0 Å². The monoisotopic (exact) mass is 322 g/mol. The van der Waals surface area contributed by atoms with Crippen LogP contribution in [0.25, 0.3) is 0 Å². The molecule has 2 aromatic carbocycles. The molecule has 2 aliphatic rings. The highest BCUT2D eigenvalue weighted by Crippen LogP contribution is 2.33. The quantitative estimate of drug-likeness (QED) is 0.924. The number of likely N-dealkylation sites (tertiary alicyclic amines) is 1. The third-order valence-corrected chi connectivity index (χ3v) is 4.97. The number of ether oxygens (including phenoxy) is 1. The Hall–Kier alpha value is -2.33. The van der Waals surface area contributed by atoms with Crippen molar-refractivity contribution in [1.29, 1.82) is 0 Å². The zero-order chi connectivity index (χ0) is 16.6. The molecule has 1 fully saturated rings. The molecule has 0 unspecified atom stereocenters. The highest BCUT2D eigenvalue weighted by molar-refractivity contribution is 5.98. The van der Waals surface area contributed by atoms with Crippen LogP contribution in [0.15, 0.2) is 48.5 Å². The molecule has 0 aromatic heterocycles. The maximum absolute atomic E-state index is 12.4. The van der Waals surface area contributed by atoms with Gasteiger partial charge in [-0.2, -0.15) is 0 Å². The molecule has 2 aliphatic heterocycles. The van der Waals surface area contributed by atoms with Gasteiger partial charge in [-0.05, 0) is 24.6 Å². The summed E-state index contributed by atoms with van der Waals surface area (Å²) in [5.74, 6) is 0.678. The first-order valence-electron chi connectivity index (χ1n) is 8.52. The van der Waals surface area contributed by atoms with Crippen molar-refractivity contribution in [3.05, 3.63) is 65.2 Å². The molecule has 1 N–H and O–H groups in total. The predicted molar refractivity (Wildman–Crippen MR) is 93.0 cm³/mol. The lowest BCUT2D eigenvalue weighted by atomic mass is 9.96. The summed E-state index contributed by atoms with van der Waals surface area (Å²) in [6.45, 7) is 4.88. The Labute approximate surface area is 142 Å². The van der Waals surface area contributed by atoms with E-state index in [0.717, 1.165) is 32.5 Å². The van der Waals surface area contributed by atoms with Crippen molar-refractivity contribution < 1.29 is 9.53 Å². The summed E-state index contributed by atoms with van der Waals surface area (Å²) in [5.41, 5.74) is 2.70. The molecule has 0 atom stereocenters. The molecule has 124 valence electrons. The number of benzene rings is 2. The third kappa shape index (κ3) is 2.89. The van der Waals surface area contributed by atoms with Crippen LogP contribution in [0.4, 0.5) is 0 Å². The first-order chi connectivity index (χ1) is 11.6. The highest BCUT2D eigenvalue weighted by atomic mass is 16.5. The van der Waals surface area contributed by atoms with E-state index in [1.165, 1.54) is 11.1 Å². The van der Waals surface area contributed by atoms with Crippen LogP contribution in [0, 0.1) is 6.92 Å². The van der Waals surface area contributed by atoms with Crippen LogP contribution in [0.5, 0.6) is 5.75 Å². The molecular formula is C20H22N2O2. The molecule has 24 heavy (non-hydrogen) atoms. The standard InChI is InChI=1S/C20H22N2O2/c1-15-6-8-16(9-7-15)14-22-12-10-20(11-13-22)21-19(23)17-4-2-3-5-18(17)24-20/h2-9H,10-14H2,1H3,(H,21,23). The van der Waals surface area contributed by atoms with Gasteiger partial charge in [0.2, 0.25) is 0 Å². The van der Waals surface area contributed by atoms with Crippen molar-refractivity contribution >= 4 is 5.91 Å². The van der Waals surface area contributed by atoms with Gasteiger partial charge >= 0.3 is 0 Å². The number of para-hydroxylation sites is 1. The average molecular weight is 322 g/mol. The predicted octanol–water partition coefficient (Wildman–Crippen LogP) is 3.11. The Morgan fingerprint density at radius 2 is 1.79 bits per heavy atom. The lowest BCUT2D eigenvalue weighted by Crippen LogP contribution is -2.60. The third-order valence-electron chi connectivity index (χ3n) is 4.97. The van der Waals surface area contributed by atoms with Crippen molar-refractivity contribution in [3.8, 4) is 5.75 Å². The number of rotatable bonds is 2. The Balaban J connectivity index is 1.43. The van der Waals surface area contributed by atoms with Gasteiger partial charge in [0.1, 0.15) is 5.75 Å². The second-order valence-electron chi connectivity index (χ2n) is 6.81. The maximum atomic E-state index is 12.4. The number of nitrogens with zero attached hydrogens (tertiary/aromatic N) is 1. The molecular weight excluding hydrogens is 300 g/mol. The summed E-state index contributed by atoms with van der Waals surface area (Å²) >= 11 is 0. The van der Waals surface area contributed by atoms with Crippen molar-refractivity contribution in [1.82, 2.24) is 10.2 Å². The molecule has 4 heteroatoms. The summed E-state index contributed by atoms with van der Waals surface area (Å²) in [5, 5.41) is 3.09. The SMILES string of the molecule is Cc1ccc(CN2CCC3(CC2)NC(=O)c2ccccc2O3)cc1. The minimum atomic E-state index is -0.546. The number of aryl methyl sites for hydroxylation is 1. The van der Waals surface area contributed by atoms with Gasteiger partial charge in [-0.15, -0.1) is 0 Å². The number of carbonyl (C=O) groups excluding carboxylic acids is 1. The lowest BCUT2D eigenvalue weighted by Gasteiger charge is -2.44. The van der Waals surface area contributed by atoms with Gasteiger partial charge in [0.25, 0.3) is 5.91 Å². The fraction of sp³-hybridized carbons (Fsp3) is 0.350. The van der Waals surface area contributed by atoms with E-state index in [1.807, 2.05) is 24.3 Å². The van der Waals surface area contributed by atoms with Crippen LogP contribution >= 0.6 is 0 Å². The van der Waals surface area contributed by atoms with Crippen LogP contribution < -0.4 is 10.1 Å². The van der Waals surface area contributed by atoms with Gasteiger partial charge in [0.15, 0.2) is 5.72 Å². The van der Waals surface area contributed by atoms with Gasteiger partial charge < -0.3 is 10.1 Å². The van der Waals surface area contributed by atoms with Crippen LogP contribution in [-0.2, 0) is 6.54 Å². The number of nitrogens with one attached hydrogen (secondary N) is 1. The summed E-state index contributed by atoms with van der Waals surface area (Å²) in [6.07, 6.45) is 1.61. The second kappa shape index (κ2) is 5.95. The molecule has 1 saturated heterocycles. The summed E-state index contributed by atoms with van der Waals surface area (Å²) < 4.78 is 6.19. The zero-order valence-electron chi connectivity index (χ0n) is 13.9. The van der Waals surface area contributed by atoms with Crippen molar-refractivity contribution in [3.63, 3.8) is 0 Å². The van der Waals surface area contributed by atoms with E-state index in [-0.39, 0.29) is 5.91 Å². The molecule has 4 nitrogen and oxygen atoms in total. The topological polar surface area (TPSA) is 41.6 Å². The molecule has 0 aliphatic carbocycles. The summed E-state index contributed by atoms with van der Waals surface area (Å²) in [4.78, 5) is 14.8. The van der Waals surface area contributed by atoms with Crippen molar-refractivity contribution in [2.45, 2.75) is 32.0 Å². The molecule has 0 radical (unpaired) electrons. The number of amides is 1. The van der Waals surface area contributed by atoms with Crippen molar-refractivity contribution in [2.75, 3.05) is 13.1 Å². The first-order valence-corrected chi connectivity index (χ1v) is 8.52. The van der Waals surface area contributed by atoms with E-state index >= 15 is 0 Å². The Morgan fingerprint density at radius 1 is 1.08 bits per heavy atom. The average Bonchev–Trinajstić information content (AvgIpc) is 2.59. The number of fused-ring (bicyclic) bond motifs is 1. The van der Waals surface area contributed by atoms with Crippen LogP contribution in [-0.4, -0.2) is 29.6 Å². The molecule has 4 rings (SSSR count). The van der Waals surface area contributed by atoms with Crippen LogP contribution in [0.2, 0.25) is 0 Å². The molecule has 1 amide bonds. The van der Waals surface area contributed by atoms with E-state index in [0.29, 0.717) is 11.3 Å². The molecule has 0 bridgehead atoms. The Bertz CT molecular complexity index is 746. The largest absolute Gasteiger partial charge is 0.467 e. The summed E-state index contributed by atoms with van der Waals surface area (Å²) in [6, 6.07) is 16.2. The Morgan fingerprint density at radius 3 is 2.54 bits per heavy atom. The maximum Gasteiger partial charge on any atom is 0.258 e. The van der Waals surface area contributed by atoms with Crippen molar-refractivity contribution in [2.24, 2.45) is 0 Å². The minimum absolute atomic E-state index is 0.0242. The normalized spacial score (nSPS) is 19.5. The zero-order valence-corrected chi connectivity index (χ0v) is 13.9. The van der Waals surface area contributed by atoms with Gasteiger partial charge in [-0.3, -0.25) is 9.69 Å². The van der Waals surface area contributed by atoms with E-state index < -0.39 is 5.72 Å². The molecule has 0 saturated carbocycles. The number of piperidine rings is 1. The number of hydrogen-bond donors (Lipinski definition) is 1. The van der Waals surface area contributed by atoms with Gasteiger partial charge in [0.05, 0.1) is 5.56 Å². The molecule has 2 heterocycles. The number of hydrogen-bond acceptors (Lipinski definition) is 3. The lowest BCUT2D eigenvalue weighted by molar-refractivity contribution is -0.0304. The first kappa shape index (κ1) is 15.2. The smallest absolute Gasteiger partial charge is 0.258 e. The van der Waals surface area contributed by atoms with Crippen LogP contribution in [0.3, 0.4) is 0 Å².